The van der Waals surface area contributed by atoms with Gasteiger partial charge in [0.25, 0.3) is 0 Å². The highest BCUT2D eigenvalue weighted by Crippen LogP contribution is 2.36. The van der Waals surface area contributed by atoms with Crippen LogP contribution >= 0.6 is 11.6 Å². The summed E-state index contributed by atoms with van der Waals surface area (Å²) in [7, 11) is 1.55. The third-order valence-corrected chi connectivity index (χ3v) is 6.58. The fraction of sp³-hybridized carbons (Fsp3) is 0.440. The first-order valence-electron chi connectivity index (χ1n) is 11.0. The molecule has 1 aliphatic carbocycles. The number of carbonyl (C=O) groups is 2. The van der Waals surface area contributed by atoms with E-state index >= 15 is 0 Å². The number of methoxy groups -OCH3 is 1. The molecule has 1 aliphatic rings. The van der Waals surface area contributed by atoms with E-state index in [1.165, 1.54) is 0 Å². The number of carboxylic acid groups (broad SMARTS) is 1. The number of nitrogens with one attached hydrogen (secondary N) is 1. The van der Waals surface area contributed by atoms with Crippen molar-refractivity contribution in [1.29, 1.82) is 0 Å². The van der Waals surface area contributed by atoms with Crippen LogP contribution in [0.2, 0.25) is 5.02 Å². The van der Waals surface area contributed by atoms with Gasteiger partial charge in [-0.25, -0.2) is 4.79 Å². The van der Waals surface area contributed by atoms with Crippen LogP contribution in [0.25, 0.3) is 0 Å². The highest BCUT2D eigenvalue weighted by atomic mass is 35.5. The van der Waals surface area contributed by atoms with Gasteiger partial charge in [0, 0.05) is 16.8 Å². The van der Waals surface area contributed by atoms with E-state index in [1.54, 1.807) is 24.1 Å². The largest absolute Gasteiger partial charge is 0.495 e. The highest BCUT2D eigenvalue weighted by molar-refractivity contribution is 6.31. The molecule has 2 N–H and O–H groups in total. The maximum Gasteiger partial charge on any atom is 0.326 e. The molecule has 32 heavy (non-hydrogen) atoms. The third-order valence-electron chi connectivity index (χ3n) is 6.17. The molecule has 0 saturated heterocycles. The summed E-state index contributed by atoms with van der Waals surface area (Å²) >= 11 is 6.31. The minimum absolute atomic E-state index is 0.0996. The van der Waals surface area contributed by atoms with Gasteiger partial charge in [0.05, 0.1) is 18.7 Å². The van der Waals surface area contributed by atoms with Gasteiger partial charge in [0.2, 0.25) is 0 Å². The number of carbonyl (C=O) groups excluding carboxylic acids is 1. The van der Waals surface area contributed by atoms with E-state index < -0.39 is 5.97 Å². The lowest BCUT2D eigenvalue weighted by Crippen LogP contribution is -2.46. The Labute approximate surface area is 194 Å². The van der Waals surface area contributed by atoms with Crippen LogP contribution in [0.5, 0.6) is 5.75 Å². The number of amides is 2. The Hall–Kier alpha value is -2.73. The number of nitrogens with zero attached hydrogens (tertiary/aromatic N) is 1. The van der Waals surface area contributed by atoms with E-state index in [1.807, 2.05) is 31.2 Å². The Morgan fingerprint density at radius 1 is 1.16 bits per heavy atom. The van der Waals surface area contributed by atoms with Gasteiger partial charge < -0.3 is 15.2 Å². The van der Waals surface area contributed by atoms with E-state index in [0.29, 0.717) is 42.1 Å². The van der Waals surface area contributed by atoms with Crippen molar-refractivity contribution in [2.75, 3.05) is 17.3 Å². The minimum Gasteiger partial charge on any atom is -0.495 e. The number of rotatable bonds is 6. The van der Waals surface area contributed by atoms with Gasteiger partial charge in [-0.05, 0) is 67.9 Å². The van der Waals surface area contributed by atoms with Gasteiger partial charge in [-0.1, -0.05) is 43.6 Å². The zero-order valence-electron chi connectivity index (χ0n) is 19.0. The van der Waals surface area contributed by atoms with Crippen LogP contribution in [0.1, 0.15) is 56.6 Å². The van der Waals surface area contributed by atoms with Gasteiger partial charge in [0.15, 0.2) is 0 Å². The molecule has 0 spiro atoms. The Balaban J connectivity index is 1.97. The van der Waals surface area contributed by atoms with E-state index in [2.05, 4.69) is 19.2 Å². The van der Waals surface area contributed by atoms with Crippen LogP contribution < -0.4 is 15.0 Å². The second-order valence-corrected chi connectivity index (χ2v) is 9.07. The van der Waals surface area contributed by atoms with Crippen molar-refractivity contribution in [1.82, 2.24) is 0 Å². The first kappa shape index (κ1) is 23.9. The minimum atomic E-state index is -0.763. The maximum atomic E-state index is 13.7. The molecule has 0 heterocycles. The van der Waals surface area contributed by atoms with Crippen molar-refractivity contribution in [3.05, 3.63) is 52.5 Å². The number of anilines is 2. The quantitative estimate of drug-likeness (QED) is 0.520. The molecule has 2 aromatic rings. The summed E-state index contributed by atoms with van der Waals surface area (Å²) in [6, 6.07) is 11.0. The van der Waals surface area contributed by atoms with E-state index in [9.17, 15) is 14.7 Å². The van der Waals surface area contributed by atoms with Gasteiger partial charge in [-0.3, -0.25) is 9.69 Å². The zero-order chi connectivity index (χ0) is 23.4. The van der Waals surface area contributed by atoms with Crippen molar-refractivity contribution < 1.29 is 19.4 Å². The molecule has 3 rings (SSSR count). The smallest absolute Gasteiger partial charge is 0.326 e. The highest BCUT2D eigenvalue weighted by Gasteiger charge is 2.34. The summed E-state index contributed by atoms with van der Waals surface area (Å²) in [6.07, 6.45) is 2.35. The summed E-state index contributed by atoms with van der Waals surface area (Å²) in [4.78, 5) is 26.9. The molecule has 1 saturated carbocycles. The van der Waals surface area contributed by atoms with Crippen LogP contribution in [-0.4, -0.2) is 30.3 Å². The second kappa shape index (κ2) is 10.3. The Kier molecular flexibility index (Phi) is 7.67. The Morgan fingerprint density at radius 2 is 1.81 bits per heavy atom. The molecule has 0 unspecified atom stereocenters. The number of halogens is 1. The molecule has 0 bridgehead atoms. The first-order valence-corrected chi connectivity index (χ1v) is 11.4. The monoisotopic (exact) mass is 458 g/mol. The molecular formula is C25H31ClN2O4. The lowest BCUT2D eigenvalue weighted by atomic mass is 9.85. The van der Waals surface area contributed by atoms with Crippen LogP contribution in [-0.2, 0) is 4.79 Å². The molecule has 0 aliphatic heterocycles. The molecular weight excluding hydrogens is 428 g/mol. The third kappa shape index (κ3) is 5.18. The summed E-state index contributed by atoms with van der Waals surface area (Å²) in [5, 5.41) is 12.9. The number of urea groups is 1. The normalized spacial score (nSPS) is 18.3. The predicted octanol–water partition coefficient (Wildman–Crippen LogP) is 6.46. The van der Waals surface area contributed by atoms with Gasteiger partial charge >= 0.3 is 12.0 Å². The van der Waals surface area contributed by atoms with Crippen LogP contribution in [0.15, 0.2) is 36.4 Å². The zero-order valence-corrected chi connectivity index (χ0v) is 19.8. The number of hydrogen-bond donors (Lipinski definition) is 2. The molecule has 2 amide bonds. The topological polar surface area (TPSA) is 78.9 Å². The summed E-state index contributed by atoms with van der Waals surface area (Å²) in [5.74, 6) is -0.360. The SMILES string of the molecule is COc1cc(C)c(Cl)cc1NC(=O)N(c1ccccc1C(C)C)C1CCC(C(=O)O)CC1. The molecule has 0 radical (unpaired) electrons. The molecule has 0 atom stereocenters. The number of aryl methyl sites for hydroxylation is 1. The maximum absolute atomic E-state index is 13.7. The molecule has 6 nitrogen and oxygen atoms in total. The number of para-hydroxylation sites is 1. The number of aliphatic carboxylic acids is 1. The molecule has 2 aromatic carbocycles. The molecule has 0 aromatic heterocycles. The van der Waals surface area contributed by atoms with Crippen molar-refractivity contribution in [2.45, 2.75) is 58.4 Å². The van der Waals surface area contributed by atoms with E-state index in [0.717, 1.165) is 16.8 Å². The number of hydrogen-bond acceptors (Lipinski definition) is 3. The van der Waals surface area contributed by atoms with Crippen molar-refractivity contribution in [2.24, 2.45) is 5.92 Å². The lowest BCUT2D eigenvalue weighted by Gasteiger charge is -2.37. The number of benzene rings is 2. The van der Waals surface area contributed by atoms with E-state index in [-0.39, 0.29) is 23.9 Å². The average molecular weight is 459 g/mol. The number of carboxylic acids is 1. The number of ether oxygens (including phenoxy) is 1. The average Bonchev–Trinajstić information content (AvgIpc) is 2.77. The Morgan fingerprint density at radius 3 is 2.41 bits per heavy atom. The fourth-order valence-electron chi connectivity index (χ4n) is 4.35. The van der Waals surface area contributed by atoms with Crippen LogP contribution in [0.4, 0.5) is 16.2 Å². The van der Waals surface area contributed by atoms with Gasteiger partial charge in [0.1, 0.15) is 5.75 Å². The standard InChI is InChI=1S/C25H31ClN2O4/c1-15(2)19-7-5-6-8-22(19)28(18-11-9-17(10-12-18)24(29)30)25(31)27-21-14-20(26)16(3)13-23(21)32-4/h5-8,13-15,17-18H,9-12H2,1-4H3,(H,27,31)(H,29,30). The summed E-state index contributed by atoms with van der Waals surface area (Å²) in [5.41, 5.74) is 3.27. The van der Waals surface area contributed by atoms with Gasteiger partial charge in [-0.2, -0.15) is 0 Å². The van der Waals surface area contributed by atoms with Crippen molar-refractivity contribution in [3.63, 3.8) is 0 Å². The van der Waals surface area contributed by atoms with Crippen LogP contribution in [0, 0.1) is 12.8 Å². The lowest BCUT2D eigenvalue weighted by molar-refractivity contribution is -0.142. The second-order valence-electron chi connectivity index (χ2n) is 8.66. The van der Waals surface area contributed by atoms with Gasteiger partial charge in [-0.15, -0.1) is 0 Å². The molecule has 1 fully saturated rings. The molecule has 172 valence electrons. The summed E-state index contributed by atoms with van der Waals surface area (Å²) < 4.78 is 5.46. The molecule has 7 heteroatoms. The van der Waals surface area contributed by atoms with Crippen molar-refractivity contribution >= 4 is 35.0 Å². The Bertz CT molecular complexity index is 984. The van der Waals surface area contributed by atoms with E-state index in [4.69, 9.17) is 16.3 Å². The fourth-order valence-corrected chi connectivity index (χ4v) is 4.51. The van der Waals surface area contributed by atoms with Crippen LogP contribution in [0.3, 0.4) is 0 Å². The first-order chi connectivity index (χ1) is 15.2. The summed E-state index contributed by atoms with van der Waals surface area (Å²) in [6.45, 7) is 6.07. The predicted molar refractivity (Wildman–Crippen MR) is 128 cm³/mol. The van der Waals surface area contributed by atoms with Crippen molar-refractivity contribution in [3.8, 4) is 5.75 Å².